The van der Waals surface area contributed by atoms with Gasteiger partial charge >= 0.3 is 0 Å². The van der Waals surface area contributed by atoms with E-state index in [9.17, 15) is 0 Å². The third-order valence-corrected chi connectivity index (χ3v) is 17.9. The maximum absolute atomic E-state index is 4.92. The van der Waals surface area contributed by atoms with Crippen LogP contribution in [0.1, 0.15) is 47.2 Å². The highest BCUT2D eigenvalue weighted by molar-refractivity contribution is 6.82. The first-order valence-corrected chi connectivity index (χ1v) is 15.8. The lowest BCUT2D eigenvalue weighted by molar-refractivity contribution is 0.909. The molecule has 0 saturated heterocycles. The monoisotopic (exact) mass is 364 g/mol. The minimum atomic E-state index is -1.21. The predicted octanol–water partition coefficient (Wildman–Crippen LogP) is 6.29. The number of hydrogen-bond donors (Lipinski definition) is 0. The Labute approximate surface area is 153 Å². The van der Waals surface area contributed by atoms with Crippen LogP contribution in [0.15, 0.2) is 18.2 Å². The molecule has 0 saturated carbocycles. The van der Waals surface area contributed by atoms with Crippen LogP contribution < -0.4 is 4.90 Å². The number of nitrogens with zero attached hydrogens (tertiary/aromatic N) is 2. The van der Waals surface area contributed by atoms with Crippen LogP contribution in [-0.2, 0) is 0 Å². The average Bonchev–Trinajstić information content (AvgIpc) is 2.63. The van der Waals surface area contributed by atoms with E-state index in [1.165, 1.54) is 54.4 Å². The van der Waals surface area contributed by atoms with Crippen molar-refractivity contribution in [2.24, 2.45) is 0 Å². The molecule has 4 heteroatoms. The summed E-state index contributed by atoms with van der Waals surface area (Å²) in [5, 5.41) is 0. The summed E-state index contributed by atoms with van der Waals surface area (Å²) in [6.45, 7) is 16.7. The maximum Gasteiger partial charge on any atom is 0.128 e. The zero-order valence-corrected chi connectivity index (χ0v) is 19.3. The van der Waals surface area contributed by atoms with Gasteiger partial charge in [-0.25, -0.2) is 4.98 Å². The van der Waals surface area contributed by atoms with Gasteiger partial charge in [0.2, 0.25) is 0 Å². The lowest BCUT2D eigenvalue weighted by atomic mass is 10.4. The van der Waals surface area contributed by atoms with E-state index in [1.807, 2.05) is 0 Å². The Hall–Kier alpha value is -0.616. The first-order valence-electron chi connectivity index (χ1n) is 10.1. The van der Waals surface area contributed by atoms with E-state index < -0.39 is 16.1 Å². The molecule has 1 heterocycles. The summed E-state index contributed by atoms with van der Waals surface area (Å²) in [6.07, 6.45) is 2.59. The molecule has 0 unspecified atom stereocenters. The molecule has 1 aromatic rings. The fourth-order valence-corrected chi connectivity index (χ4v) is 10.6. The Morgan fingerprint density at radius 3 is 1.50 bits per heavy atom. The Bertz CT molecular complexity index is 444. The molecule has 0 aliphatic rings. The molecule has 0 aliphatic heterocycles. The van der Waals surface area contributed by atoms with Gasteiger partial charge in [0.05, 0.1) is 16.1 Å². The van der Waals surface area contributed by atoms with Crippen LogP contribution in [0.25, 0.3) is 0 Å². The molecule has 0 fully saturated rings. The first kappa shape index (κ1) is 21.4. The Morgan fingerprint density at radius 2 is 1.17 bits per heavy atom. The third kappa shape index (κ3) is 5.19. The molecule has 0 N–H and O–H groups in total. The van der Waals surface area contributed by atoms with Crippen LogP contribution in [0.5, 0.6) is 0 Å². The van der Waals surface area contributed by atoms with E-state index >= 15 is 0 Å². The molecule has 1 rings (SSSR count). The van der Waals surface area contributed by atoms with Gasteiger partial charge in [0, 0.05) is 18.0 Å². The van der Waals surface area contributed by atoms with Crippen molar-refractivity contribution in [2.75, 3.05) is 17.2 Å². The van der Waals surface area contributed by atoms with Gasteiger partial charge in [-0.15, -0.1) is 0 Å². The summed E-state index contributed by atoms with van der Waals surface area (Å²) >= 11 is 0. The highest BCUT2D eigenvalue weighted by Crippen LogP contribution is 2.28. The Morgan fingerprint density at radius 1 is 0.750 bits per heavy atom. The fourth-order valence-electron chi connectivity index (χ4n) is 3.90. The summed E-state index contributed by atoms with van der Waals surface area (Å²) in [4.78, 5) is 7.64. The molecular formula is C20H40N2Si2. The van der Waals surface area contributed by atoms with Gasteiger partial charge in [-0.1, -0.05) is 83.9 Å². The molecule has 0 atom stereocenters. The van der Waals surface area contributed by atoms with Gasteiger partial charge in [-0.3, -0.25) is 0 Å². The Kier molecular flexibility index (Phi) is 8.71. The summed E-state index contributed by atoms with van der Waals surface area (Å²) in [6, 6.07) is 14.9. The van der Waals surface area contributed by atoms with Gasteiger partial charge in [-0.2, -0.15) is 0 Å². The van der Waals surface area contributed by atoms with Crippen molar-refractivity contribution in [3.05, 3.63) is 23.9 Å². The zero-order valence-electron chi connectivity index (χ0n) is 17.3. The highest BCUT2D eigenvalue weighted by atomic mass is 28.3. The molecule has 0 aliphatic carbocycles. The predicted molar refractivity (Wildman–Crippen MR) is 116 cm³/mol. The third-order valence-electron chi connectivity index (χ3n) is 6.75. The quantitative estimate of drug-likeness (QED) is 0.429. The SMILES string of the molecule is CC[Si](CC)(CC)CN(C[Si](CC)(CC)CC)c1cccc(C)n1. The van der Waals surface area contributed by atoms with Gasteiger partial charge in [0.25, 0.3) is 0 Å². The standard InChI is InChI=1S/C20H40N2Si2/c1-8-23(9-2,10-3)17-22(18-24(11-4,12-5)13-6)20-16-14-15-19(7)21-20/h14-16H,8-13,17-18H2,1-7H3. The van der Waals surface area contributed by atoms with Crippen molar-refractivity contribution in [1.82, 2.24) is 4.98 Å². The molecule has 138 valence electrons. The van der Waals surface area contributed by atoms with E-state index in [-0.39, 0.29) is 0 Å². The van der Waals surface area contributed by atoms with Crippen molar-refractivity contribution in [3.63, 3.8) is 0 Å². The number of pyridine rings is 1. The van der Waals surface area contributed by atoms with E-state index in [1.54, 1.807) is 0 Å². The first-order chi connectivity index (χ1) is 11.4. The van der Waals surface area contributed by atoms with Crippen LogP contribution in [0, 0.1) is 6.92 Å². The smallest absolute Gasteiger partial charge is 0.128 e. The van der Waals surface area contributed by atoms with Gasteiger partial charge in [0.1, 0.15) is 5.82 Å². The summed E-state index contributed by atoms with van der Waals surface area (Å²) in [5.74, 6) is 1.23. The van der Waals surface area contributed by atoms with Crippen LogP contribution in [0.4, 0.5) is 5.82 Å². The molecule has 0 bridgehead atoms. The topological polar surface area (TPSA) is 16.1 Å². The van der Waals surface area contributed by atoms with Crippen LogP contribution >= 0.6 is 0 Å². The molecule has 0 radical (unpaired) electrons. The van der Waals surface area contributed by atoms with Crippen molar-refractivity contribution in [3.8, 4) is 0 Å². The summed E-state index contributed by atoms with van der Waals surface area (Å²) in [7, 11) is -2.42. The average molecular weight is 365 g/mol. The minimum absolute atomic E-state index is 1.14. The van der Waals surface area contributed by atoms with Crippen LogP contribution in [0.3, 0.4) is 0 Å². The van der Waals surface area contributed by atoms with Gasteiger partial charge in [0.15, 0.2) is 0 Å². The number of anilines is 1. The second-order valence-electron chi connectivity index (χ2n) is 7.61. The number of rotatable bonds is 11. The molecule has 24 heavy (non-hydrogen) atoms. The fraction of sp³-hybridized carbons (Fsp3) is 0.750. The van der Waals surface area contributed by atoms with Crippen molar-refractivity contribution < 1.29 is 0 Å². The second kappa shape index (κ2) is 9.76. The second-order valence-corrected chi connectivity index (χ2v) is 18.5. The minimum Gasteiger partial charge on any atom is -0.362 e. The lowest BCUT2D eigenvalue weighted by Crippen LogP contribution is -2.53. The highest BCUT2D eigenvalue weighted by Gasteiger charge is 2.35. The number of hydrogen-bond acceptors (Lipinski definition) is 2. The molecule has 0 spiro atoms. The van der Waals surface area contributed by atoms with Crippen molar-refractivity contribution >= 4 is 22.0 Å². The number of aromatic nitrogens is 1. The Balaban J connectivity index is 3.21. The van der Waals surface area contributed by atoms with Crippen LogP contribution in [-0.4, -0.2) is 33.5 Å². The number of aryl methyl sites for hydroxylation is 1. The van der Waals surface area contributed by atoms with E-state index in [4.69, 9.17) is 4.98 Å². The molecule has 2 nitrogen and oxygen atoms in total. The van der Waals surface area contributed by atoms with Gasteiger partial charge < -0.3 is 4.90 Å². The normalized spacial score (nSPS) is 12.5. The van der Waals surface area contributed by atoms with E-state index in [0.29, 0.717) is 0 Å². The van der Waals surface area contributed by atoms with Crippen molar-refractivity contribution in [2.45, 2.75) is 84.7 Å². The van der Waals surface area contributed by atoms with Gasteiger partial charge in [-0.05, 0) is 19.1 Å². The summed E-state index contributed by atoms with van der Waals surface area (Å²) in [5.41, 5.74) is 1.14. The summed E-state index contributed by atoms with van der Waals surface area (Å²) < 4.78 is 0. The van der Waals surface area contributed by atoms with Crippen molar-refractivity contribution in [1.29, 1.82) is 0 Å². The molecule has 0 amide bonds. The van der Waals surface area contributed by atoms with E-state index in [0.717, 1.165) is 5.69 Å². The van der Waals surface area contributed by atoms with Crippen LogP contribution in [0.2, 0.25) is 36.3 Å². The molecular weight excluding hydrogens is 324 g/mol. The zero-order chi connectivity index (χ0) is 18.2. The molecule has 0 aromatic carbocycles. The maximum atomic E-state index is 4.92. The molecule has 1 aromatic heterocycles. The van der Waals surface area contributed by atoms with E-state index in [2.05, 4.69) is 71.6 Å². The lowest BCUT2D eigenvalue weighted by Gasteiger charge is -2.41. The largest absolute Gasteiger partial charge is 0.362 e.